The third kappa shape index (κ3) is 11.0. The lowest BCUT2D eigenvalue weighted by molar-refractivity contribution is 0.521. The van der Waals surface area contributed by atoms with Crippen LogP contribution in [-0.2, 0) is 0 Å². The predicted octanol–water partition coefficient (Wildman–Crippen LogP) is 6.11. The van der Waals surface area contributed by atoms with Crippen molar-refractivity contribution in [3.8, 4) is 0 Å². The minimum absolute atomic E-state index is 0. The molecule has 0 aliphatic carbocycles. The van der Waals surface area contributed by atoms with Crippen LogP contribution in [0.4, 0.5) is 0 Å². The van der Waals surface area contributed by atoms with Gasteiger partial charge in [0.2, 0.25) is 0 Å². The molecule has 0 bridgehead atoms. The molecule has 0 saturated heterocycles. The highest BCUT2D eigenvalue weighted by Gasteiger charge is 1.91. The van der Waals surface area contributed by atoms with E-state index in [9.17, 15) is 0 Å². The molecule has 3 rings (SSSR count). The van der Waals surface area contributed by atoms with Crippen molar-refractivity contribution in [1.29, 1.82) is 0 Å². The summed E-state index contributed by atoms with van der Waals surface area (Å²) < 4.78 is 12.7. The lowest BCUT2D eigenvalue weighted by Gasteiger charge is -1.75. The van der Waals surface area contributed by atoms with Crippen molar-refractivity contribution in [2.24, 2.45) is 0 Å². The Kier molecular flexibility index (Phi) is 15.7. The molecule has 138 valence electrons. The molecule has 0 fully saturated rings. The summed E-state index contributed by atoms with van der Waals surface area (Å²) in [6, 6.07) is 0. The summed E-state index contributed by atoms with van der Waals surface area (Å²) in [6.07, 6.45) is 1.63. The van der Waals surface area contributed by atoms with E-state index < -0.39 is 0 Å². The second kappa shape index (κ2) is 13.8. The predicted molar refractivity (Wildman–Crippen MR) is 107 cm³/mol. The number of hydrogen-bond acceptors (Lipinski definition) is 7. The van der Waals surface area contributed by atoms with Crippen molar-refractivity contribution >= 4 is 23.1 Å². The van der Waals surface area contributed by atoms with Gasteiger partial charge in [0.15, 0.2) is 5.89 Å². The van der Waals surface area contributed by atoms with Gasteiger partial charge in [-0.15, -0.1) is 11.3 Å². The molecule has 0 radical (unpaired) electrons. The number of oxazole rings is 1. The van der Waals surface area contributed by atoms with Crippen LogP contribution in [0.5, 0.6) is 0 Å². The van der Waals surface area contributed by atoms with Crippen LogP contribution in [0.25, 0.3) is 0 Å². The summed E-state index contributed by atoms with van der Waals surface area (Å²) in [6.45, 7) is 11.7. The Balaban J connectivity index is -0.000000259. The third-order valence-corrected chi connectivity index (χ3v) is 3.95. The molecule has 0 N–H and O–H groups in total. The van der Waals surface area contributed by atoms with Crippen molar-refractivity contribution in [3.05, 3.63) is 45.3 Å². The molecule has 0 amide bonds. The second-order valence-electron chi connectivity index (χ2n) is 4.45. The molecule has 0 spiro atoms. The highest BCUT2D eigenvalue weighted by Crippen LogP contribution is 2.04. The molecule has 7 heteroatoms. The van der Waals surface area contributed by atoms with Crippen molar-refractivity contribution in [3.63, 3.8) is 0 Å². The number of hydrogen-bond donors (Lipinski definition) is 0. The molecule has 0 aliphatic heterocycles. The standard InChI is InChI=1S/C5H7NO.C5H7NS.C4H6N2S.3CH4/c2*1-4-3-7-5(2)6-4;1-3-4(2)6-7-5-3;;;/h2*3H,1-2H3;1-2H3;3*1H4. The Labute approximate surface area is 155 Å². The van der Waals surface area contributed by atoms with Gasteiger partial charge in [0.1, 0.15) is 6.26 Å². The van der Waals surface area contributed by atoms with Crippen LogP contribution in [0, 0.1) is 41.5 Å². The van der Waals surface area contributed by atoms with Gasteiger partial charge in [0, 0.05) is 18.0 Å². The molecule has 0 saturated carbocycles. The van der Waals surface area contributed by atoms with Gasteiger partial charge in [0.25, 0.3) is 0 Å². The minimum Gasteiger partial charge on any atom is -0.449 e. The number of thiazole rings is 1. The van der Waals surface area contributed by atoms with E-state index in [4.69, 9.17) is 4.42 Å². The van der Waals surface area contributed by atoms with E-state index in [-0.39, 0.29) is 22.3 Å². The zero-order chi connectivity index (χ0) is 15.8. The molecule has 24 heavy (non-hydrogen) atoms. The molecule has 3 aromatic rings. The quantitative estimate of drug-likeness (QED) is 0.476. The van der Waals surface area contributed by atoms with Gasteiger partial charge in [-0.25, -0.2) is 9.97 Å². The van der Waals surface area contributed by atoms with E-state index in [1.807, 2.05) is 41.5 Å². The average molecular weight is 373 g/mol. The zero-order valence-corrected chi connectivity index (χ0v) is 14.8. The normalized spacial score (nSPS) is 8.25. The van der Waals surface area contributed by atoms with Gasteiger partial charge in [-0.2, -0.15) is 8.75 Å². The van der Waals surface area contributed by atoms with Gasteiger partial charge in [0.05, 0.1) is 33.8 Å². The van der Waals surface area contributed by atoms with Crippen LogP contribution < -0.4 is 0 Å². The first-order valence-electron chi connectivity index (χ1n) is 6.41. The Morgan fingerprint density at radius 2 is 1.33 bits per heavy atom. The van der Waals surface area contributed by atoms with Crippen molar-refractivity contribution in [2.45, 2.75) is 63.8 Å². The Bertz CT molecular complexity index is 571. The van der Waals surface area contributed by atoms with Crippen LogP contribution >= 0.6 is 23.1 Å². The van der Waals surface area contributed by atoms with Gasteiger partial charge >= 0.3 is 0 Å². The van der Waals surface area contributed by atoms with Crippen LogP contribution in [0.15, 0.2) is 16.1 Å². The van der Waals surface area contributed by atoms with Crippen molar-refractivity contribution in [1.82, 2.24) is 18.7 Å². The number of aromatic nitrogens is 4. The van der Waals surface area contributed by atoms with Crippen molar-refractivity contribution in [2.75, 3.05) is 0 Å². The molecular formula is C17H32N4OS2. The maximum Gasteiger partial charge on any atom is 0.191 e. The summed E-state index contributed by atoms with van der Waals surface area (Å²) in [5.41, 5.74) is 4.16. The van der Waals surface area contributed by atoms with Crippen LogP contribution in [0.2, 0.25) is 0 Å². The van der Waals surface area contributed by atoms with Crippen LogP contribution in [0.1, 0.15) is 56.0 Å². The molecule has 0 aromatic carbocycles. The van der Waals surface area contributed by atoms with Gasteiger partial charge in [-0.05, 0) is 34.6 Å². The Morgan fingerprint density at radius 3 is 1.46 bits per heavy atom. The topological polar surface area (TPSA) is 64.7 Å². The maximum absolute atomic E-state index is 4.85. The highest BCUT2D eigenvalue weighted by molar-refractivity contribution is 7.09. The lowest BCUT2D eigenvalue weighted by Crippen LogP contribution is -1.71. The van der Waals surface area contributed by atoms with Crippen LogP contribution in [-0.4, -0.2) is 18.7 Å². The minimum atomic E-state index is 0. The largest absolute Gasteiger partial charge is 0.449 e. The highest BCUT2D eigenvalue weighted by atomic mass is 32.1. The number of aryl methyl sites for hydroxylation is 6. The number of nitrogens with zero attached hydrogens (tertiary/aromatic N) is 4. The Hall–Kier alpha value is -1.60. The zero-order valence-electron chi connectivity index (χ0n) is 13.2. The summed E-state index contributed by atoms with van der Waals surface area (Å²) in [7, 11) is 0. The third-order valence-electron chi connectivity index (χ3n) is 2.35. The summed E-state index contributed by atoms with van der Waals surface area (Å²) >= 11 is 2.96. The molecule has 5 nitrogen and oxygen atoms in total. The fourth-order valence-corrected chi connectivity index (χ4v) is 2.36. The van der Waals surface area contributed by atoms with E-state index in [0.29, 0.717) is 0 Å². The van der Waals surface area contributed by atoms with Crippen molar-refractivity contribution < 1.29 is 4.42 Å². The Morgan fingerprint density at radius 1 is 0.792 bits per heavy atom. The average Bonchev–Trinajstić information content (AvgIpc) is 3.08. The fourth-order valence-electron chi connectivity index (χ4n) is 1.22. The first kappa shape index (κ1) is 27.3. The number of rotatable bonds is 0. The molecule has 3 aromatic heterocycles. The fraction of sp³-hybridized carbons (Fsp3) is 0.529. The molecule has 3 heterocycles. The maximum atomic E-state index is 4.85. The summed E-state index contributed by atoms with van der Waals surface area (Å²) in [5, 5.41) is 3.20. The smallest absolute Gasteiger partial charge is 0.191 e. The van der Waals surface area contributed by atoms with E-state index in [1.165, 1.54) is 11.7 Å². The van der Waals surface area contributed by atoms with Gasteiger partial charge in [-0.1, -0.05) is 22.3 Å². The first-order valence-corrected chi connectivity index (χ1v) is 8.02. The first-order chi connectivity index (χ1) is 9.88. The van der Waals surface area contributed by atoms with E-state index in [1.54, 1.807) is 17.6 Å². The lowest BCUT2D eigenvalue weighted by atomic mass is 10.4. The monoisotopic (exact) mass is 372 g/mol. The van der Waals surface area contributed by atoms with E-state index in [0.717, 1.165) is 33.7 Å². The van der Waals surface area contributed by atoms with Gasteiger partial charge in [-0.3, -0.25) is 0 Å². The second-order valence-corrected chi connectivity index (χ2v) is 6.04. The molecular weight excluding hydrogens is 340 g/mol. The molecule has 0 atom stereocenters. The van der Waals surface area contributed by atoms with E-state index in [2.05, 4.69) is 24.1 Å². The summed E-state index contributed by atoms with van der Waals surface area (Å²) in [5.74, 6) is 0.734. The SMILES string of the molecule is C.C.C.Cc1coc(C)n1.Cc1csc(C)n1.Cc1nsnc1C. The van der Waals surface area contributed by atoms with E-state index >= 15 is 0 Å². The van der Waals surface area contributed by atoms with Gasteiger partial charge < -0.3 is 4.42 Å². The summed E-state index contributed by atoms with van der Waals surface area (Å²) in [4.78, 5) is 8.07. The van der Waals surface area contributed by atoms with Crippen LogP contribution in [0.3, 0.4) is 0 Å². The molecule has 0 aliphatic rings. The molecule has 0 unspecified atom stereocenters.